The summed E-state index contributed by atoms with van der Waals surface area (Å²) in [5.74, 6) is 1.13. The molecule has 4 nitrogen and oxygen atoms in total. The highest BCUT2D eigenvalue weighted by Crippen LogP contribution is 2.12. The van der Waals surface area contributed by atoms with Crippen LogP contribution in [0.3, 0.4) is 0 Å². The Bertz CT molecular complexity index is 339. The Kier molecular flexibility index (Phi) is 18.2. The van der Waals surface area contributed by atoms with Gasteiger partial charge in [-0.2, -0.15) is 11.8 Å². The van der Waals surface area contributed by atoms with Gasteiger partial charge in [0.2, 0.25) is 0 Å². The van der Waals surface area contributed by atoms with Gasteiger partial charge in [0, 0.05) is 11.5 Å². The van der Waals surface area contributed by atoms with Crippen molar-refractivity contribution in [1.82, 2.24) is 0 Å². The third-order valence-corrected chi connectivity index (χ3v) is 5.48. The van der Waals surface area contributed by atoms with Gasteiger partial charge in [0.25, 0.3) is 0 Å². The first-order valence-corrected chi connectivity index (χ1v) is 12.1. The van der Waals surface area contributed by atoms with Crippen molar-refractivity contribution in [3.8, 4) is 0 Å². The van der Waals surface area contributed by atoms with Crippen molar-refractivity contribution >= 4 is 23.7 Å². The van der Waals surface area contributed by atoms with Crippen LogP contribution in [0.5, 0.6) is 0 Å². The van der Waals surface area contributed by atoms with Crippen LogP contribution in [-0.4, -0.2) is 35.7 Å². The maximum Gasteiger partial charge on any atom is 0.306 e. The molecule has 27 heavy (non-hydrogen) atoms. The van der Waals surface area contributed by atoms with Gasteiger partial charge in [0.05, 0.1) is 25.0 Å². The second kappa shape index (κ2) is 18.6. The Hall–Kier alpha value is -0.710. The van der Waals surface area contributed by atoms with Gasteiger partial charge in [0.15, 0.2) is 0 Å². The van der Waals surface area contributed by atoms with Gasteiger partial charge in [-0.25, -0.2) is 0 Å². The Morgan fingerprint density at radius 1 is 0.704 bits per heavy atom. The maximum atomic E-state index is 11.8. The zero-order valence-electron chi connectivity index (χ0n) is 18.1. The van der Waals surface area contributed by atoms with Gasteiger partial charge in [-0.3, -0.25) is 9.59 Å². The number of hydrogen-bond donors (Lipinski definition) is 0. The van der Waals surface area contributed by atoms with Crippen molar-refractivity contribution in [3.05, 3.63) is 0 Å². The Balaban J connectivity index is 3.57. The van der Waals surface area contributed by atoms with E-state index in [0.717, 1.165) is 25.7 Å². The molecule has 0 heterocycles. The van der Waals surface area contributed by atoms with Crippen LogP contribution in [0.25, 0.3) is 0 Å². The van der Waals surface area contributed by atoms with Gasteiger partial charge in [0.1, 0.15) is 0 Å². The zero-order valence-corrected chi connectivity index (χ0v) is 18.9. The fourth-order valence-corrected chi connectivity index (χ4v) is 3.64. The van der Waals surface area contributed by atoms with Crippen LogP contribution in [0.15, 0.2) is 0 Å². The van der Waals surface area contributed by atoms with Crippen LogP contribution in [0, 0.1) is 0 Å². The molecule has 2 atom stereocenters. The normalized spacial score (nSPS) is 13.2. The average Bonchev–Trinajstić information content (AvgIpc) is 2.62. The Morgan fingerprint density at radius 2 is 1.11 bits per heavy atom. The van der Waals surface area contributed by atoms with E-state index in [1.165, 1.54) is 38.5 Å². The number of ether oxygens (including phenoxy) is 2. The first-order chi connectivity index (χ1) is 13.0. The molecule has 0 amide bonds. The molecule has 0 bridgehead atoms. The molecular formula is C22H42O4S. The fourth-order valence-electron chi connectivity index (χ4n) is 2.81. The molecule has 0 spiro atoms. The lowest BCUT2D eigenvalue weighted by atomic mass is 10.1. The molecule has 0 aromatic heterocycles. The van der Waals surface area contributed by atoms with Crippen LogP contribution in [-0.2, 0) is 19.1 Å². The summed E-state index contributed by atoms with van der Waals surface area (Å²) in [6.45, 7) is 8.32. The molecule has 0 rings (SSSR count). The van der Waals surface area contributed by atoms with Crippen LogP contribution in [0.2, 0.25) is 0 Å². The van der Waals surface area contributed by atoms with Crippen molar-refractivity contribution < 1.29 is 19.1 Å². The standard InChI is InChI=1S/C22H42O4S/c1-5-7-9-11-13-19(3)25-21(23)15-17-27-18-16-22(24)26-20(4)14-12-10-8-6-2/h19-20H,5-18H2,1-4H3/t19-,20+. The van der Waals surface area contributed by atoms with E-state index in [2.05, 4.69) is 13.8 Å². The van der Waals surface area contributed by atoms with Crippen molar-refractivity contribution in [2.24, 2.45) is 0 Å². The lowest BCUT2D eigenvalue weighted by Crippen LogP contribution is -2.16. The summed E-state index contributed by atoms with van der Waals surface area (Å²) in [6, 6.07) is 0. The molecule has 0 fully saturated rings. The second-order valence-corrected chi connectivity index (χ2v) is 8.64. The molecule has 0 unspecified atom stereocenters. The molecule has 0 saturated carbocycles. The van der Waals surface area contributed by atoms with E-state index in [1.807, 2.05) is 13.8 Å². The quantitative estimate of drug-likeness (QED) is 0.199. The minimum atomic E-state index is -0.131. The molecule has 0 aromatic carbocycles. The molecule has 0 saturated heterocycles. The van der Waals surface area contributed by atoms with Gasteiger partial charge in [-0.15, -0.1) is 0 Å². The molecule has 0 aliphatic carbocycles. The molecule has 160 valence electrons. The van der Waals surface area contributed by atoms with Gasteiger partial charge >= 0.3 is 11.9 Å². The summed E-state index contributed by atoms with van der Waals surface area (Å²) in [5.41, 5.74) is 0. The SMILES string of the molecule is CCCCCC[C@@H](C)OC(=O)CCSCCC(=O)O[C@@H](C)CCCCCC. The summed E-state index contributed by atoms with van der Waals surface area (Å²) in [6.07, 6.45) is 12.3. The predicted molar refractivity (Wildman–Crippen MR) is 115 cm³/mol. The van der Waals surface area contributed by atoms with E-state index in [1.54, 1.807) is 11.8 Å². The van der Waals surface area contributed by atoms with Crippen LogP contribution >= 0.6 is 11.8 Å². The summed E-state index contributed by atoms with van der Waals surface area (Å²) in [4.78, 5) is 23.6. The van der Waals surface area contributed by atoms with Crippen molar-refractivity contribution in [2.45, 2.75) is 117 Å². The number of carbonyl (C=O) groups is 2. The minimum absolute atomic E-state index is 0.00754. The highest BCUT2D eigenvalue weighted by molar-refractivity contribution is 7.99. The zero-order chi connectivity index (χ0) is 20.3. The van der Waals surface area contributed by atoms with Gasteiger partial charge in [-0.05, 0) is 39.5 Å². The molecular weight excluding hydrogens is 360 g/mol. The molecule has 5 heteroatoms. The summed E-state index contributed by atoms with van der Waals surface area (Å²) in [7, 11) is 0. The molecule has 0 N–H and O–H groups in total. The largest absolute Gasteiger partial charge is 0.463 e. The van der Waals surface area contributed by atoms with Crippen molar-refractivity contribution in [1.29, 1.82) is 0 Å². The van der Waals surface area contributed by atoms with E-state index in [9.17, 15) is 9.59 Å². The number of rotatable bonds is 18. The summed E-state index contributed by atoms with van der Waals surface area (Å²) < 4.78 is 10.8. The number of esters is 2. The second-order valence-electron chi connectivity index (χ2n) is 7.41. The Labute approximate surface area is 171 Å². The lowest BCUT2D eigenvalue weighted by molar-refractivity contribution is -0.148. The monoisotopic (exact) mass is 402 g/mol. The highest BCUT2D eigenvalue weighted by Gasteiger charge is 2.11. The van der Waals surface area contributed by atoms with E-state index < -0.39 is 0 Å². The lowest BCUT2D eigenvalue weighted by Gasteiger charge is -2.13. The minimum Gasteiger partial charge on any atom is -0.463 e. The molecule has 0 aliphatic heterocycles. The van der Waals surface area contributed by atoms with E-state index in [-0.39, 0.29) is 24.1 Å². The first-order valence-electron chi connectivity index (χ1n) is 11.0. The van der Waals surface area contributed by atoms with Crippen molar-refractivity contribution in [2.75, 3.05) is 11.5 Å². The third kappa shape index (κ3) is 18.4. The Morgan fingerprint density at radius 3 is 1.48 bits per heavy atom. The highest BCUT2D eigenvalue weighted by atomic mass is 32.2. The number of thioether (sulfide) groups is 1. The summed E-state index contributed by atoms with van der Waals surface area (Å²) >= 11 is 1.61. The van der Waals surface area contributed by atoms with Gasteiger partial charge < -0.3 is 9.47 Å². The summed E-state index contributed by atoms with van der Waals surface area (Å²) in [5, 5.41) is 0. The number of unbranched alkanes of at least 4 members (excludes halogenated alkanes) is 6. The third-order valence-electron chi connectivity index (χ3n) is 4.49. The van der Waals surface area contributed by atoms with Crippen LogP contribution < -0.4 is 0 Å². The number of carbonyl (C=O) groups excluding carboxylic acids is 2. The number of hydrogen-bond acceptors (Lipinski definition) is 5. The van der Waals surface area contributed by atoms with E-state index in [4.69, 9.17) is 9.47 Å². The molecule has 0 radical (unpaired) electrons. The topological polar surface area (TPSA) is 52.6 Å². The van der Waals surface area contributed by atoms with E-state index >= 15 is 0 Å². The first kappa shape index (κ1) is 26.3. The van der Waals surface area contributed by atoms with Gasteiger partial charge in [-0.1, -0.05) is 52.4 Å². The average molecular weight is 403 g/mol. The van der Waals surface area contributed by atoms with Crippen LogP contribution in [0.1, 0.15) is 105 Å². The van der Waals surface area contributed by atoms with Crippen LogP contribution in [0.4, 0.5) is 0 Å². The fraction of sp³-hybridized carbons (Fsp3) is 0.909. The van der Waals surface area contributed by atoms with Crippen molar-refractivity contribution in [3.63, 3.8) is 0 Å². The maximum absolute atomic E-state index is 11.8. The molecule has 0 aliphatic rings. The molecule has 0 aromatic rings. The predicted octanol–water partition coefficient (Wildman–Crippen LogP) is 6.30. The van der Waals surface area contributed by atoms with E-state index in [0.29, 0.717) is 24.3 Å². The smallest absolute Gasteiger partial charge is 0.306 e.